The number of aromatic nitrogens is 3. The largest absolute Gasteiger partial charge is 0.494 e. The molecule has 3 heterocycles. The molecule has 0 spiro atoms. The van der Waals surface area contributed by atoms with E-state index in [0.29, 0.717) is 24.6 Å². The SMILES string of the molecule is CCOc1ccc(-n2cc(COC(=O)[C@]34CCC(C)(C)C[C@H]3C3=CC[C@@H]5[C@@]6(C)CC[C@H](O[C@@H]7O[C@H](CO[C@@H]8OC[C@H](O)[C@H](O)[C@@H]8O)[C@@H](O)[C@H](O)[C@H]7NC(C)=O)C(C)(C)[C@@H]6CC[C@@]5(C)[C@]3(C)CC4)nn2)cc1. The van der Waals surface area contributed by atoms with Crippen molar-refractivity contribution >= 4 is 11.9 Å². The number of allylic oxidation sites excluding steroid dienone is 2. The van der Waals surface area contributed by atoms with Gasteiger partial charge in [0.25, 0.3) is 0 Å². The van der Waals surface area contributed by atoms with Gasteiger partial charge in [-0.05, 0) is 140 Å². The average Bonchev–Trinajstić information content (AvgIpc) is 3.80. The second-order valence-electron chi connectivity index (χ2n) is 24.3. The fourth-order valence-electron chi connectivity index (χ4n) is 15.3. The lowest BCUT2D eigenvalue weighted by atomic mass is 9.33. The van der Waals surface area contributed by atoms with Crippen molar-refractivity contribution in [3.8, 4) is 11.4 Å². The predicted octanol–water partition coefficient (Wildman–Crippen LogP) is 5.30. The molecule has 5 aliphatic carbocycles. The Labute approximate surface area is 418 Å². The molecule has 0 radical (unpaired) electrons. The normalized spacial score (nSPS) is 42.6. The highest BCUT2D eigenvalue weighted by molar-refractivity contribution is 5.79. The summed E-state index contributed by atoms with van der Waals surface area (Å²) in [4.78, 5) is 27.3. The number of nitrogens with zero attached hydrogens (tertiary/aromatic N) is 3. The Hall–Kier alpha value is -3.52. The molecule has 0 bridgehead atoms. The van der Waals surface area contributed by atoms with Gasteiger partial charge in [-0.2, -0.15) is 0 Å². The molecule has 1 aromatic heterocycles. The van der Waals surface area contributed by atoms with Gasteiger partial charge in [-0.3, -0.25) is 9.59 Å². The van der Waals surface area contributed by atoms with Crippen LogP contribution in [0.2, 0.25) is 0 Å². The van der Waals surface area contributed by atoms with Crippen molar-refractivity contribution < 1.29 is 63.5 Å². The average molecular weight is 993 g/mol. The molecule has 394 valence electrons. The van der Waals surface area contributed by atoms with Gasteiger partial charge in [0.1, 0.15) is 60.7 Å². The molecular weight excluding hydrogens is 913 g/mol. The molecule has 17 heteroatoms. The van der Waals surface area contributed by atoms with Crippen LogP contribution in [0.15, 0.2) is 42.1 Å². The molecule has 7 aliphatic rings. The Kier molecular flexibility index (Phi) is 14.2. The van der Waals surface area contributed by atoms with Crippen molar-refractivity contribution in [3.63, 3.8) is 0 Å². The first-order valence-corrected chi connectivity index (χ1v) is 26.2. The van der Waals surface area contributed by atoms with Crippen LogP contribution in [0.25, 0.3) is 5.69 Å². The number of aliphatic hydroxyl groups excluding tert-OH is 5. The number of carbonyl (C=O) groups excluding carboxylic acids is 2. The highest BCUT2D eigenvalue weighted by Gasteiger charge is 2.70. The minimum Gasteiger partial charge on any atom is -0.494 e. The zero-order valence-corrected chi connectivity index (χ0v) is 43.2. The third-order valence-corrected chi connectivity index (χ3v) is 19.5. The number of rotatable bonds is 12. The van der Waals surface area contributed by atoms with Crippen LogP contribution in [0, 0.1) is 50.2 Å². The smallest absolute Gasteiger partial charge is 0.313 e. The minimum atomic E-state index is -1.55. The summed E-state index contributed by atoms with van der Waals surface area (Å²) in [6.45, 7) is 20.1. The van der Waals surface area contributed by atoms with Crippen molar-refractivity contribution in [2.75, 3.05) is 19.8 Å². The molecule has 2 aromatic rings. The number of carbonyl (C=O) groups is 2. The van der Waals surface area contributed by atoms with E-state index in [1.165, 1.54) is 12.5 Å². The lowest BCUT2D eigenvalue weighted by Gasteiger charge is -2.71. The highest BCUT2D eigenvalue weighted by Crippen LogP contribution is 2.76. The zero-order valence-electron chi connectivity index (χ0n) is 43.2. The maximum absolute atomic E-state index is 14.8. The molecule has 0 unspecified atom stereocenters. The molecule has 1 amide bonds. The van der Waals surface area contributed by atoms with Crippen LogP contribution in [0.5, 0.6) is 5.75 Å². The number of benzene rings is 1. The zero-order chi connectivity index (χ0) is 51.1. The van der Waals surface area contributed by atoms with Crippen molar-refractivity contribution in [2.24, 2.45) is 50.2 Å². The summed E-state index contributed by atoms with van der Waals surface area (Å²) in [7, 11) is 0. The molecule has 6 fully saturated rings. The number of aliphatic hydroxyl groups is 5. The van der Waals surface area contributed by atoms with Gasteiger partial charge >= 0.3 is 5.97 Å². The first-order chi connectivity index (χ1) is 33.5. The molecule has 1 aromatic carbocycles. The van der Waals surface area contributed by atoms with E-state index in [4.69, 9.17) is 28.4 Å². The summed E-state index contributed by atoms with van der Waals surface area (Å²) in [5, 5.41) is 64.7. The van der Waals surface area contributed by atoms with E-state index in [1.54, 1.807) is 4.68 Å². The van der Waals surface area contributed by atoms with E-state index in [-0.39, 0.29) is 70.8 Å². The van der Waals surface area contributed by atoms with Gasteiger partial charge < -0.3 is 59.3 Å². The molecular formula is C54H80N4O13. The quantitative estimate of drug-likeness (QED) is 0.0900. The second-order valence-corrected chi connectivity index (χ2v) is 24.3. The van der Waals surface area contributed by atoms with E-state index in [9.17, 15) is 35.1 Å². The van der Waals surface area contributed by atoms with Crippen LogP contribution in [-0.4, -0.2) is 134 Å². The summed E-state index contributed by atoms with van der Waals surface area (Å²) in [5.41, 5.74) is 1.74. The molecule has 17 atom stereocenters. The van der Waals surface area contributed by atoms with E-state index in [2.05, 4.69) is 70.2 Å². The molecule has 71 heavy (non-hydrogen) atoms. The molecule has 2 saturated heterocycles. The summed E-state index contributed by atoms with van der Waals surface area (Å²) in [5.74, 6) is 0.929. The third-order valence-electron chi connectivity index (χ3n) is 19.5. The minimum absolute atomic E-state index is 0.0384. The van der Waals surface area contributed by atoms with Gasteiger partial charge in [0.2, 0.25) is 5.91 Å². The standard InChI is InChI=1S/C54H80N4O13/c1-10-66-33-13-11-32(12-14-33)58-26-31(56-57-58)27-69-48(65)54-23-21-49(3,4)25-35(54)34-15-16-39-51(7)19-18-40(50(5,6)38(51)17-20-53(39,9)52(34,8)22-24-54)71-46-41(55-30(2)59)44(63)43(62)37(70-46)29-68-47-45(64)42(61)36(60)28-67-47/h11-15,26,35-47,60-64H,10,16-25,27-29H2,1-9H3,(H,55,59)/t35-,36-,37+,38-,39+,40-,41+,42-,43+,44+,45-,46-,47-,51-,52+,53+,54-/m0/s1. The van der Waals surface area contributed by atoms with Crippen molar-refractivity contribution in [1.29, 1.82) is 0 Å². The van der Waals surface area contributed by atoms with Crippen LogP contribution >= 0.6 is 0 Å². The molecule has 17 nitrogen and oxygen atoms in total. The lowest BCUT2D eigenvalue weighted by Crippen LogP contribution is -2.67. The Bertz CT molecular complexity index is 2290. The lowest BCUT2D eigenvalue weighted by molar-refractivity contribution is -0.322. The van der Waals surface area contributed by atoms with E-state index >= 15 is 0 Å². The van der Waals surface area contributed by atoms with Crippen molar-refractivity contribution in [3.05, 3.63) is 47.8 Å². The van der Waals surface area contributed by atoms with Crippen LogP contribution in [0.1, 0.15) is 132 Å². The first-order valence-electron chi connectivity index (χ1n) is 26.2. The van der Waals surface area contributed by atoms with Crippen molar-refractivity contribution in [2.45, 2.75) is 194 Å². The molecule has 2 aliphatic heterocycles. The maximum Gasteiger partial charge on any atom is 0.313 e. The molecule has 6 N–H and O–H groups in total. The summed E-state index contributed by atoms with van der Waals surface area (Å²) >= 11 is 0. The first kappa shape index (κ1) is 52.3. The Morgan fingerprint density at radius 2 is 1.59 bits per heavy atom. The Balaban J connectivity index is 0.916. The van der Waals surface area contributed by atoms with Gasteiger partial charge in [0, 0.05) is 6.92 Å². The van der Waals surface area contributed by atoms with Crippen LogP contribution < -0.4 is 10.1 Å². The third kappa shape index (κ3) is 9.08. The number of amides is 1. The van der Waals surface area contributed by atoms with Gasteiger partial charge in [0.05, 0.1) is 43.2 Å². The molecule has 4 saturated carbocycles. The summed E-state index contributed by atoms with van der Waals surface area (Å²) < 4.78 is 38.0. The van der Waals surface area contributed by atoms with Gasteiger partial charge in [-0.15, -0.1) is 5.10 Å². The highest BCUT2D eigenvalue weighted by atomic mass is 16.7. The van der Waals surface area contributed by atoms with Crippen LogP contribution in [0.4, 0.5) is 0 Å². The van der Waals surface area contributed by atoms with E-state index in [0.717, 1.165) is 69.2 Å². The molecule has 9 rings (SSSR count). The number of hydrogen-bond donors (Lipinski definition) is 6. The number of hydrogen-bond acceptors (Lipinski definition) is 15. The van der Waals surface area contributed by atoms with Crippen LogP contribution in [0.3, 0.4) is 0 Å². The van der Waals surface area contributed by atoms with Crippen molar-refractivity contribution in [1.82, 2.24) is 20.3 Å². The van der Waals surface area contributed by atoms with E-state index in [1.807, 2.05) is 37.4 Å². The fourth-order valence-corrected chi connectivity index (χ4v) is 15.3. The van der Waals surface area contributed by atoms with Gasteiger partial charge in [0.15, 0.2) is 12.6 Å². The number of nitrogens with one attached hydrogen (secondary N) is 1. The predicted molar refractivity (Wildman–Crippen MR) is 258 cm³/mol. The monoisotopic (exact) mass is 993 g/mol. The summed E-state index contributed by atoms with van der Waals surface area (Å²) in [6.07, 6.45) is 1.99. The Morgan fingerprint density at radius 1 is 0.859 bits per heavy atom. The van der Waals surface area contributed by atoms with Crippen LogP contribution in [-0.2, 0) is 39.9 Å². The Morgan fingerprint density at radius 3 is 2.31 bits per heavy atom. The fraction of sp³-hybridized carbons (Fsp3) is 0.778. The number of ether oxygens (including phenoxy) is 6. The van der Waals surface area contributed by atoms with Gasteiger partial charge in [-0.25, -0.2) is 4.68 Å². The second kappa shape index (κ2) is 19.3. The number of fused-ring (bicyclic) bond motifs is 7. The maximum atomic E-state index is 14.8. The van der Waals surface area contributed by atoms with E-state index < -0.39 is 66.6 Å². The number of esters is 1. The summed E-state index contributed by atoms with van der Waals surface area (Å²) in [6, 6.07) is 6.57. The van der Waals surface area contributed by atoms with Gasteiger partial charge in [-0.1, -0.05) is 65.3 Å². The topological polar surface area (TPSA) is 233 Å².